The van der Waals surface area contributed by atoms with Gasteiger partial charge in [0, 0.05) is 33.4 Å². The van der Waals surface area contributed by atoms with Crippen LogP contribution in [0.1, 0.15) is 0 Å². The third-order valence-electron chi connectivity index (χ3n) is 8.39. The van der Waals surface area contributed by atoms with Crippen molar-refractivity contribution in [1.29, 1.82) is 0 Å². The van der Waals surface area contributed by atoms with E-state index in [0.717, 1.165) is 17.1 Å². The highest BCUT2D eigenvalue weighted by Crippen LogP contribution is 2.41. The molecule has 0 aliphatic rings. The molecule has 0 saturated carbocycles. The van der Waals surface area contributed by atoms with Gasteiger partial charge in [0.1, 0.15) is 0 Å². The number of para-hydroxylation sites is 4. The Labute approximate surface area is 257 Å². The fraction of sp³-hybridized carbons (Fsp3) is 0. The van der Waals surface area contributed by atoms with Crippen molar-refractivity contribution in [3.63, 3.8) is 0 Å². The molecule has 0 spiro atoms. The van der Waals surface area contributed by atoms with E-state index < -0.39 is 0 Å². The molecule has 208 valence electrons. The lowest BCUT2D eigenvalue weighted by Gasteiger charge is -2.25. The Morgan fingerprint density at radius 1 is 0.341 bits per heavy atom. The summed E-state index contributed by atoms with van der Waals surface area (Å²) in [4.78, 5) is 2.30. The first kappa shape index (κ1) is 25.8. The van der Waals surface area contributed by atoms with Crippen molar-refractivity contribution >= 4 is 38.9 Å². The molecule has 0 radical (unpaired) electrons. The van der Waals surface area contributed by atoms with Crippen molar-refractivity contribution in [2.75, 3.05) is 4.90 Å². The second-order valence-corrected chi connectivity index (χ2v) is 11.0. The van der Waals surface area contributed by atoms with Crippen molar-refractivity contribution in [2.45, 2.75) is 0 Å². The van der Waals surface area contributed by atoms with Crippen LogP contribution in [0.3, 0.4) is 0 Å². The van der Waals surface area contributed by atoms with Gasteiger partial charge < -0.3 is 9.47 Å². The van der Waals surface area contributed by atoms with Crippen LogP contribution in [0.15, 0.2) is 182 Å². The van der Waals surface area contributed by atoms with Crippen molar-refractivity contribution in [1.82, 2.24) is 4.57 Å². The summed E-state index contributed by atoms with van der Waals surface area (Å²) in [5.41, 5.74) is 11.8. The quantitative estimate of drug-likeness (QED) is 0.196. The van der Waals surface area contributed by atoms with Gasteiger partial charge >= 0.3 is 0 Å². The molecular formula is C42H30N2. The Hall–Kier alpha value is -5.86. The molecule has 0 N–H and O–H groups in total. The number of nitrogens with zero attached hydrogens (tertiary/aromatic N) is 2. The summed E-state index contributed by atoms with van der Waals surface area (Å²) in [5.74, 6) is 0. The minimum Gasteiger partial charge on any atom is -0.311 e. The van der Waals surface area contributed by atoms with E-state index in [1.807, 2.05) is 0 Å². The number of hydrogen-bond acceptors (Lipinski definition) is 1. The Bertz CT molecular complexity index is 2160. The predicted octanol–water partition coefficient (Wildman–Crippen LogP) is 11.6. The maximum atomic E-state index is 2.43. The molecule has 0 bridgehead atoms. The molecule has 1 heterocycles. The minimum absolute atomic E-state index is 1.12. The zero-order valence-electron chi connectivity index (χ0n) is 24.2. The van der Waals surface area contributed by atoms with Crippen LogP contribution in [0, 0.1) is 0 Å². The van der Waals surface area contributed by atoms with Crippen LogP contribution in [0.25, 0.3) is 49.7 Å². The van der Waals surface area contributed by atoms with Crippen LogP contribution in [0.2, 0.25) is 0 Å². The maximum absolute atomic E-state index is 2.43. The van der Waals surface area contributed by atoms with E-state index in [0.29, 0.717) is 0 Å². The van der Waals surface area contributed by atoms with E-state index >= 15 is 0 Å². The summed E-state index contributed by atoms with van der Waals surface area (Å²) in [5, 5.41) is 2.54. The molecule has 1 aromatic heterocycles. The average molecular weight is 563 g/mol. The summed E-state index contributed by atoms with van der Waals surface area (Å²) in [6, 6.07) is 64.9. The Balaban J connectivity index is 1.29. The second-order valence-electron chi connectivity index (χ2n) is 11.0. The van der Waals surface area contributed by atoms with Gasteiger partial charge in [-0.1, -0.05) is 127 Å². The normalized spacial score (nSPS) is 11.2. The molecule has 0 aliphatic heterocycles. The lowest BCUT2D eigenvalue weighted by molar-refractivity contribution is 1.18. The molecule has 0 amide bonds. The molecule has 8 rings (SSSR count). The van der Waals surface area contributed by atoms with Crippen LogP contribution in [0.4, 0.5) is 17.1 Å². The van der Waals surface area contributed by atoms with Gasteiger partial charge in [-0.3, -0.25) is 0 Å². The highest BCUT2D eigenvalue weighted by Gasteiger charge is 2.18. The molecule has 2 nitrogen and oxygen atoms in total. The first-order valence-corrected chi connectivity index (χ1v) is 15.0. The monoisotopic (exact) mass is 562 g/mol. The number of rotatable bonds is 6. The highest BCUT2D eigenvalue weighted by molar-refractivity contribution is 6.16. The number of aromatic nitrogens is 1. The van der Waals surface area contributed by atoms with Crippen LogP contribution in [0.5, 0.6) is 0 Å². The van der Waals surface area contributed by atoms with Gasteiger partial charge in [0.25, 0.3) is 0 Å². The fourth-order valence-electron chi connectivity index (χ4n) is 6.44. The van der Waals surface area contributed by atoms with Gasteiger partial charge in [0.05, 0.1) is 16.7 Å². The van der Waals surface area contributed by atoms with Gasteiger partial charge in [0.15, 0.2) is 0 Å². The molecule has 8 aromatic rings. The largest absolute Gasteiger partial charge is 0.311 e. The maximum Gasteiger partial charge on any atom is 0.0547 e. The molecule has 0 aliphatic carbocycles. The number of benzene rings is 7. The molecule has 0 atom stereocenters. The molecule has 0 saturated heterocycles. The van der Waals surface area contributed by atoms with Crippen LogP contribution < -0.4 is 4.90 Å². The lowest BCUT2D eigenvalue weighted by Crippen LogP contribution is -2.09. The van der Waals surface area contributed by atoms with E-state index in [1.54, 1.807) is 0 Å². The van der Waals surface area contributed by atoms with E-state index in [4.69, 9.17) is 0 Å². The summed E-state index contributed by atoms with van der Waals surface area (Å²) in [6.45, 7) is 0. The molecule has 0 unspecified atom stereocenters. The standard InChI is InChI=1S/C42H30N2/c1-4-15-31(16-5-1)37-23-14-26-41-42(37)38-22-11-13-25-40(38)44(41)39-24-12-10-21-36(39)32-27-29-35(30-28-32)43(33-17-6-2-7-18-33)34-19-8-3-9-20-34/h1-30H. The van der Waals surface area contributed by atoms with Gasteiger partial charge in [-0.2, -0.15) is 0 Å². The first-order valence-electron chi connectivity index (χ1n) is 15.0. The molecule has 7 aromatic carbocycles. The third kappa shape index (κ3) is 4.45. The van der Waals surface area contributed by atoms with Crippen molar-refractivity contribution in [2.24, 2.45) is 0 Å². The average Bonchev–Trinajstić information content (AvgIpc) is 3.45. The molecule has 2 heteroatoms. The zero-order valence-corrected chi connectivity index (χ0v) is 24.2. The van der Waals surface area contributed by atoms with Gasteiger partial charge in [-0.15, -0.1) is 0 Å². The number of hydrogen-bond donors (Lipinski definition) is 0. The Kier molecular flexibility index (Phi) is 6.51. The summed E-state index contributed by atoms with van der Waals surface area (Å²) >= 11 is 0. The van der Waals surface area contributed by atoms with Crippen molar-refractivity contribution in [3.8, 4) is 27.9 Å². The van der Waals surface area contributed by atoms with Crippen LogP contribution >= 0.6 is 0 Å². The number of anilines is 3. The van der Waals surface area contributed by atoms with Crippen molar-refractivity contribution in [3.05, 3.63) is 182 Å². The van der Waals surface area contributed by atoms with Crippen LogP contribution in [-0.2, 0) is 0 Å². The van der Waals surface area contributed by atoms with E-state index in [2.05, 4.69) is 191 Å². The smallest absolute Gasteiger partial charge is 0.0547 e. The van der Waals surface area contributed by atoms with Gasteiger partial charge in [-0.05, 0) is 71.3 Å². The summed E-state index contributed by atoms with van der Waals surface area (Å²) in [7, 11) is 0. The summed E-state index contributed by atoms with van der Waals surface area (Å²) < 4.78 is 2.43. The first-order chi connectivity index (χ1) is 21.9. The predicted molar refractivity (Wildman–Crippen MR) is 186 cm³/mol. The topological polar surface area (TPSA) is 8.17 Å². The van der Waals surface area contributed by atoms with Crippen LogP contribution in [-0.4, -0.2) is 4.57 Å². The van der Waals surface area contributed by atoms with E-state index in [1.165, 1.54) is 49.7 Å². The van der Waals surface area contributed by atoms with Gasteiger partial charge in [0.2, 0.25) is 0 Å². The minimum atomic E-state index is 1.12. The molecule has 0 fully saturated rings. The molecule has 44 heavy (non-hydrogen) atoms. The second kappa shape index (κ2) is 11.1. The Morgan fingerprint density at radius 2 is 0.841 bits per heavy atom. The zero-order chi connectivity index (χ0) is 29.3. The Morgan fingerprint density at radius 3 is 1.55 bits per heavy atom. The van der Waals surface area contributed by atoms with E-state index in [-0.39, 0.29) is 0 Å². The summed E-state index contributed by atoms with van der Waals surface area (Å²) in [6.07, 6.45) is 0. The molecular weight excluding hydrogens is 532 g/mol. The number of fused-ring (bicyclic) bond motifs is 3. The SMILES string of the molecule is c1ccc(-c2cccc3c2c2ccccc2n3-c2ccccc2-c2ccc(N(c3ccccc3)c3ccccc3)cc2)cc1. The lowest BCUT2D eigenvalue weighted by atomic mass is 9.99. The van der Waals surface area contributed by atoms with Gasteiger partial charge in [-0.25, -0.2) is 0 Å². The highest BCUT2D eigenvalue weighted by atomic mass is 15.1. The third-order valence-corrected chi connectivity index (χ3v) is 8.39. The van der Waals surface area contributed by atoms with Crippen molar-refractivity contribution < 1.29 is 0 Å². The fourth-order valence-corrected chi connectivity index (χ4v) is 6.44. The van der Waals surface area contributed by atoms with E-state index in [9.17, 15) is 0 Å².